The SMILES string of the molecule is O=C(N/N=C\c1ccccc1C(F)(F)F)c1ccc(OCc2ccc(Cl)cc2)cc1. The molecule has 30 heavy (non-hydrogen) atoms. The van der Waals surface area contributed by atoms with Crippen LogP contribution in [0, 0.1) is 0 Å². The minimum Gasteiger partial charge on any atom is -0.489 e. The molecule has 3 aromatic carbocycles. The van der Waals surface area contributed by atoms with E-state index in [0.29, 0.717) is 17.4 Å². The maximum Gasteiger partial charge on any atom is 0.417 e. The molecule has 3 rings (SSSR count). The molecule has 154 valence electrons. The third-order valence-corrected chi connectivity index (χ3v) is 4.32. The molecule has 4 nitrogen and oxygen atoms in total. The Morgan fingerprint density at radius 1 is 1.00 bits per heavy atom. The Balaban J connectivity index is 1.57. The quantitative estimate of drug-likeness (QED) is 0.401. The van der Waals surface area contributed by atoms with Crippen LogP contribution in [0.5, 0.6) is 5.75 Å². The lowest BCUT2D eigenvalue weighted by molar-refractivity contribution is -0.137. The zero-order valence-electron chi connectivity index (χ0n) is 15.5. The van der Waals surface area contributed by atoms with Gasteiger partial charge in [-0.25, -0.2) is 5.43 Å². The minimum absolute atomic E-state index is 0.142. The van der Waals surface area contributed by atoms with Gasteiger partial charge in [-0.15, -0.1) is 0 Å². The van der Waals surface area contributed by atoms with Crippen LogP contribution >= 0.6 is 11.6 Å². The number of nitrogens with zero attached hydrogens (tertiary/aromatic N) is 1. The molecule has 1 amide bonds. The van der Waals surface area contributed by atoms with Gasteiger partial charge in [0.15, 0.2) is 0 Å². The van der Waals surface area contributed by atoms with Crippen molar-refractivity contribution in [1.29, 1.82) is 0 Å². The second-order valence-electron chi connectivity index (χ2n) is 6.22. The summed E-state index contributed by atoms with van der Waals surface area (Å²) >= 11 is 5.84. The summed E-state index contributed by atoms with van der Waals surface area (Å²) in [7, 11) is 0. The minimum atomic E-state index is -4.51. The van der Waals surface area contributed by atoms with Crippen LogP contribution in [-0.4, -0.2) is 12.1 Å². The molecule has 0 aromatic heterocycles. The highest BCUT2D eigenvalue weighted by Gasteiger charge is 2.32. The molecular weight excluding hydrogens is 417 g/mol. The first-order chi connectivity index (χ1) is 14.3. The number of rotatable bonds is 6. The first kappa shape index (κ1) is 21.4. The third kappa shape index (κ3) is 5.84. The van der Waals surface area contributed by atoms with E-state index in [1.54, 1.807) is 24.3 Å². The number of alkyl halides is 3. The molecule has 8 heteroatoms. The first-order valence-corrected chi connectivity index (χ1v) is 9.17. The van der Waals surface area contributed by atoms with Gasteiger partial charge in [-0.1, -0.05) is 41.9 Å². The van der Waals surface area contributed by atoms with Crippen LogP contribution in [-0.2, 0) is 12.8 Å². The molecule has 0 fully saturated rings. The average molecular weight is 433 g/mol. The van der Waals surface area contributed by atoms with E-state index in [2.05, 4.69) is 10.5 Å². The summed E-state index contributed by atoms with van der Waals surface area (Å²) in [6, 6.07) is 18.5. The van der Waals surface area contributed by atoms with Gasteiger partial charge in [0.2, 0.25) is 0 Å². The lowest BCUT2D eigenvalue weighted by Crippen LogP contribution is -2.18. The van der Waals surface area contributed by atoms with Crippen molar-refractivity contribution in [1.82, 2.24) is 5.43 Å². The molecule has 0 unspecified atom stereocenters. The van der Waals surface area contributed by atoms with E-state index >= 15 is 0 Å². The van der Waals surface area contributed by atoms with Crippen LogP contribution < -0.4 is 10.2 Å². The fourth-order valence-electron chi connectivity index (χ4n) is 2.54. The number of hydrazone groups is 1. The molecule has 3 aromatic rings. The molecule has 0 saturated carbocycles. The van der Waals surface area contributed by atoms with Crippen molar-refractivity contribution in [3.05, 3.63) is 100 Å². The van der Waals surface area contributed by atoms with E-state index in [-0.39, 0.29) is 11.1 Å². The van der Waals surface area contributed by atoms with Gasteiger partial charge in [-0.3, -0.25) is 4.79 Å². The zero-order chi connectivity index (χ0) is 21.6. The van der Waals surface area contributed by atoms with E-state index < -0.39 is 17.6 Å². The van der Waals surface area contributed by atoms with E-state index in [1.807, 2.05) is 12.1 Å². The summed E-state index contributed by atoms with van der Waals surface area (Å²) in [5, 5.41) is 4.27. The summed E-state index contributed by atoms with van der Waals surface area (Å²) in [6.45, 7) is 0.339. The number of amides is 1. The molecule has 0 radical (unpaired) electrons. The number of benzene rings is 3. The normalized spacial score (nSPS) is 11.5. The van der Waals surface area contributed by atoms with E-state index in [9.17, 15) is 18.0 Å². The largest absolute Gasteiger partial charge is 0.489 e. The van der Waals surface area contributed by atoms with Gasteiger partial charge in [-0.2, -0.15) is 18.3 Å². The molecular formula is C22H16ClF3N2O2. The van der Waals surface area contributed by atoms with Gasteiger partial charge in [0, 0.05) is 16.1 Å². The van der Waals surface area contributed by atoms with Gasteiger partial charge in [0.25, 0.3) is 5.91 Å². The second kappa shape index (κ2) is 9.45. The highest BCUT2D eigenvalue weighted by molar-refractivity contribution is 6.30. The molecule has 0 aliphatic rings. The highest BCUT2D eigenvalue weighted by atomic mass is 35.5. The van der Waals surface area contributed by atoms with Crippen molar-refractivity contribution in [2.75, 3.05) is 0 Å². The Kier molecular flexibility index (Phi) is 6.74. The summed E-state index contributed by atoms with van der Waals surface area (Å²) in [5.74, 6) is 0.00379. The Morgan fingerprint density at radius 2 is 1.67 bits per heavy atom. The van der Waals surface area contributed by atoms with Crippen LogP contribution in [0.15, 0.2) is 77.9 Å². The molecule has 0 spiro atoms. The Bertz CT molecular complexity index is 1030. The van der Waals surface area contributed by atoms with Crippen LogP contribution in [0.2, 0.25) is 5.02 Å². The monoisotopic (exact) mass is 432 g/mol. The Morgan fingerprint density at radius 3 is 2.33 bits per heavy atom. The van der Waals surface area contributed by atoms with Gasteiger partial charge >= 0.3 is 6.18 Å². The van der Waals surface area contributed by atoms with Gasteiger partial charge in [0.05, 0.1) is 11.8 Å². The number of halogens is 4. The summed E-state index contributed by atoms with van der Waals surface area (Å²) in [5.41, 5.74) is 2.47. The molecule has 0 aliphatic heterocycles. The van der Waals surface area contributed by atoms with Gasteiger partial charge < -0.3 is 4.74 Å². The molecule has 0 aliphatic carbocycles. The molecule has 1 N–H and O–H groups in total. The number of nitrogens with one attached hydrogen (secondary N) is 1. The fraction of sp³-hybridized carbons (Fsp3) is 0.0909. The van der Waals surface area contributed by atoms with Crippen molar-refractivity contribution in [3.8, 4) is 5.75 Å². The number of hydrogen-bond donors (Lipinski definition) is 1. The molecule has 0 bridgehead atoms. The van der Waals surface area contributed by atoms with E-state index in [4.69, 9.17) is 16.3 Å². The number of ether oxygens (including phenoxy) is 1. The Labute approximate surface area is 175 Å². The summed E-state index contributed by atoms with van der Waals surface area (Å²) < 4.78 is 44.5. The van der Waals surface area contributed by atoms with Crippen molar-refractivity contribution in [2.24, 2.45) is 5.10 Å². The third-order valence-electron chi connectivity index (χ3n) is 4.07. The van der Waals surface area contributed by atoms with Crippen LogP contribution in [0.25, 0.3) is 0 Å². The zero-order valence-corrected chi connectivity index (χ0v) is 16.2. The maximum atomic E-state index is 13.0. The molecule has 0 atom stereocenters. The van der Waals surface area contributed by atoms with E-state index in [0.717, 1.165) is 17.8 Å². The lowest BCUT2D eigenvalue weighted by Gasteiger charge is -2.09. The van der Waals surface area contributed by atoms with Crippen molar-refractivity contribution in [2.45, 2.75) is 12.8 Å². The van der Waals surface area contributed by atoms with E-state index in [1.165, 1.54) is 30.3 Å². The summed E-state index contributed by atoms with van der Waals surface area (Å²) in [6.07, 6.45) is -3.54. The molecule has 0 heterocycles. The van der Waals surface area contributed by atoms with Crippen molar-refractivity contribution < 1.29 is 22.7 Å². The predicted molar refractivity (Wildman–Crippen MR) is 109 cm³/mol. The second-order valence-corrected chi connectivity index (χ2v) is 6.66. The average Bonchev–Trinajstić information content (AvgIpc) is 2.73. The van der Waals surface area contributed by atoms with Crippen LogP contribution in [0.4, 0.5) is 13.2 Å². The van der Waals surface area contributed by atoms with Crippen molar-refractivity contribution >= 4 is 23.7 Å². The Hall–Kier alpha value is -3.32. The maximum absolute atomic E-state index is 13.0. The topological polar surface area (TPSA) is 50.7 Å². The number of hydrogen-bond acceptors (Lipinski definition) is 3. The predicted octanol–water partition coefficient (Wildman–Crippen LogP) is 5.70. The van der Waals surface area contributed by atoms with Crippen LogP contribution in [0.1, 0.15) is 27.0 Å². The van der Waals surface area contributed by atoms with Crippen molar-refractivity contribution in [3.63, 3.8) is 0 Å². The van der Waals surface area contributed by atoms with Crippen LogP contribution in [0.3, 0.4) is 0 Å². The van der Waals surface area contributed by atoms with Gasteiger partial charge in [0.1, 0.15) is 12.4 Å². The number of carbonyl (C=O) groups excluding carboxylic acids is 1. The first-order valence-electron chi connectivity index (χ1n) is 8.80. The fourth-order valence-corrected chi connectivity index (χ4v) is 2.67. The smallest absolute Gasteiger partial charge is 0.417 e. The lowest BCUT2D eigenvalue weighted by atomic mass is 10.1. The number of carbonyl (C=O) groups is 1. The standard InChI is InChI=1S/C22H16ClF3N2O2/c23-18-9-5-15(6-10-18)14-30-19-11-7-16(8-12-19)21(29)28-27-13-17-3-1-2-4-20(17)22(24,25)26/h1-13H,14H2,(H,28,29)/b27-13-. The molecule has 0 saturated heterocycles. The summed E-state index contributed by atoms with van der Waals surface area (Å²) in [4.78, 5) is 12.1. The highest BCUT2D eigenvalue weighted by Crippen LogP contribution is 2.31. The van der Waals surface area contributed by atoms with Gasteiger partial charge in [-0.05, 0) is 48.0 Å².